The van der Waals surface area contributed by atoms with E-state index >= 15 is 0 Å². The van der Waals surface area contributed by atoms with E-state index in [0.29, 0.717) is 18.7 Å². The maximum Gasteiger partial charge on any atom is 0.329 e. The molecule has 20 heavy (non-hydrogen) atoms. The lowest BCUT2D eigenvalue weighted by Gasteiger charge is -2.25. The smallest absolute Gasteiger partial charge is 0.329 e. The van der Waals surface area contributed by atoms with Crippen molar-refractivity contribution in [1.29, 1.82) is 0 Å². The Kier molecular flexibility index (Phi) is 4.70. The molecule has 0 aliphatic carbocycles. The van der Waals surface area contributed by atoms with Gasteiger partial charge in [-0.05, 0) is 49.1 Å². The average Bonchev–Trinajstić information content (AvgIpc) is 2.49. The van der Waals surface area contributed by atoms with Gasteiger partial charge in [0.2, 0.25) is 0 Å². The highest BCUT2D eigenvalue weighted by Gasteiger charge is 2.22. The van der Waals surface area contributed by atoms with Crippen LogP contribution in [-0.4, -0.2) is 41.1 Å². The first-order valence-electron chi connectivity index (χ1n) is 6.58. The monoisotopic (exact) mass is 275 g/mol. The third-order valence-corrected chi connectivity index (χ3v) is 3.11. The van der Waals surface area contributed by atoms with Crippen molar-refractivity contribution in [3.8, 4) is 5.75 Å². The number of hydrazone groups is 1. The minimum Gasteiger partial charge on any atom is -0.508 e. The maximum atomic E-state index is 11.8. The normalized spacial score (nSPS) is 15.3. The second-order valence-corrected chi connectivity index (χ2v) is 4.64. The number of phenolic OH excluding ortho intramolecular Hbond substituents is 1. The SMILES string of the molecule is O=C(N/N=C\c1ccc(O)cc1)C(=O)N1CCCCC1. The minimum atomic E-state index is -0.720. The summed E-state index contributed by atoms with van der Waals surface area (Å²) < 4.78 is 0. The zero-order chi connectivity index (χ0) is 14.4. The summed E-state index contributed by atoms with van der Waals surface area (Å²) in [6.07, 6.45) is 4.40. The number of amides is 2. The molecule has 0 radical (unpaired) electrons. The quantitative estimate of drug-likeness (QED) is 0.477. The number of nitrogens with one attached hydrogen (secondary N) is 1. The van der Waals surface area contributed by atoms with Gasteiger partial charge in [0.05, 0.1) is 6.21 Å². The van der Waals surface area contributed by atoms with Crippen molar-refractivity contribution in [1.82, 2.24) is 10.3 Å². The number of aromatic hydroxyl groups is 1. The van der Waals surface area contributed by atoms with Crippen LogP contribution in [0.25, 0.3) is 0 Å². The van der Waals surface area contributed by atoms with E-state index in [9.17, 15) is 9.59 Å². The van der Waals surface area contributed by atoms with E-state index in [4.69, 9.17) is 5.11 Å². The summed E-state index contributed by atoms with van der Waals surface area (Å²) in [5.41, 5.74) is 2.94. The number of benzene rings is 1. The highest BCUT2D eigenvalue weighted by molar-refractivity contribution is 6.35. The van der Waals surface area contributed by atoms with Gasteiger partial charge in [0.1, 0.15) is 5.75 Å². The molecule has 0 bridgehead atoms. The van der Waals surface area contributed by atoms with Gasteiger partial charge in [0.25, 0.3) is 0 Å². The van der Waals surface area contributed by atoms with E-state index in [0.717, 1.165) is 19.3 Å². The van der Waals surface area contributed by atoms with Gasteiger partial charge in [-0.3, -0.25) is 9.59 Å². The summed E-state index contributed by atoms with van der Waals surface area (Å²) in [5.74, 6) is -1.10. The highest BCUT2D eigenvalue weighted by atomic mass is 16.3. The predicted molar refractivity (Wildman–Crippen MR) is 74.3 cm³/mol. The predicted octanol–water partition coefficient (Wildman–Crippen LogP) is 0.855. The van der Waals surface area contributed by atoms with E-state index in [1.807, 2.05) is 0 Å². The van der Waals surface area contributed by atoms with Gasteiger partial charge < -0.3 is 10.0 Å². The van der Waals surface area contributed by atoms with Gasteiger partial charge in [-0.2, -0.15) is 5.10 Å². The Hall–Kier alpha value is -2.37. The standard InChI is InChI=1S/C14H17N3O3/c18-12-6-4-11(5-7-12)10-15-16-13(19)14(20)17-8-2-1-3-9-17/h4-7,10,18H,1-3,8-9H2,(H,16,19)/b15-10-. The minimum absolute atomic E-state index is 0.159. The lowest BCUT2D eigenvalue weighted by molar-refractivity contribution is -0.146. The molecule has 0 aromatic heterocycles. The Morgan fingerprint density at radius 1 is 1.15 bits per heavy atom. The number of hydrogen-bond acceptors (Lipinski definition) is 4. The van der Waals surface area contributed by atoms with Crippen LogP contribution in [0, 0.1) is 0 Å². The van der Waals surface area contributed by atoms with Crippen molar-refractivity contribution in [3.05, 3.63) is 29.8 Å². The average molecular weight is 275 g/mol. The summed E-state index contributed by atoms with van der Waals surface area (Å²) in [4.78, 5) is 25.0. The number of rotatable bonds is 2. The van der Waals surface area contributed by atoms with E-state index in [1.165, 1.54) is 18.3 Å². The molecule has 2 N–H and O–H groups in total. The van der Waals surface area contributed by atoms with Crippen molar-refractivity contribution in [2.24, 2.45) is 5.10 Å². The number of hydrogen-bond donors (Lipinski definition) is 2. The van der Waals surface area contributed by atoms with Crippen LogP contribution in [0.5, 0.6) is 5.75 Å². The molecule has 1 heterocycles. The van der Waals surface area contributed by atoms with Crippen molar-refractivity contribution in [2.75, 3.05) is 13.1 Å². The van der Waals surface area contributed by atoms with Crippen LogP contribution < -0.4 is 5.43 Å². The molecule has 1 aromatic carbocycles. The molecule has 2 amide bonds. The molecule has 1 aliphatic rings. The summed E-state index contributed by atoms with van der Waals surface area (Å²) in [7, 11) is 0. The number of piperidine rings is 1. The fourth-order valence-electron chi connectivity index (χ4n) is 2.01. The molecule has 2 rings (SSSR count). The molecule has 1 aliphatic heterocycles. The van der Waals surface area contributed by atoms with Crippen LogP contribution in [0.1, 0.15) is 24.8 Å². The number of phenols is 1. The van der Waals surface area contributed by atoms with Gasteiger partial charge in [-0.15, -0.1) is 0 Å². The molecule has 106 valence electrons. The number of carbonyl (C=O) groups excluding carboxylic acids is 2. The first kappa shape index (κ1) is 14.0. The van der Waals surface area contributed by atoms with E-state index in [1.54, 1.807) is 17.0 Å². The van der Waals surface area contributed by atoms with Gasteiger partial charge >= 0.3 is 11.8 Å². The third kappa shape index (κ3) is 3.81. The topological polar surface area (TPSA) is 82.0 Å². The van der Waals surface area contributed by atoms with Crippen LogP contribution >= 0.6 is 0 Å². The number of carbonyl (C=O) groups is 2. The molecule has 6 heteroatoms. The Balaban J connectivity index is 1.84. The third-order valence-electron chi connectivity index (χ3n) is 3.11. The van der Waals surface area contributed by atoms with Crippen LogP contribution in [0.4, 0.5) is 0 Å². The number of likely N-dealkylation sites (tertiary alicyclic amines) is 1. The Bertz CT molecular complexity index is 505. The Labute approximate surface area is 117 Å². The maximum absolute atomic E-state index is 11.8. The summed E-state index contributed by atoms with van der Waals surface area (Å²) >= 11 is 0. The molecule has 1 aromatic rings. The second-order valence-electron chi connectivity index (χ2n) is 4.64. The number of nitrogens with zero attached hydrogens (tertiary/aromatic N) is 2. The molecule has 0 atom stereocenters. The highest BCUT2D eigenvalue weighted by Crippen LogP contribution is 2.09. The van der Waals surface area contributed by atoms with Crippen LogP contribution in [0.3, 0.4) is 0 Å². The Morgan fingerprint density at radius 2 is 1.80 bits per heavy atom. The molecular formula is C14H17N3O3. The van der Waals surface area contributed by atoms with E-state index < -0.39 is 11.8 Å². The lowest BCUT2D eigenvalue weighted by atomic mass is 10.1. The molecule has 0 saturated carbocycles. The summed E-state index contributed by atoms with van der Waals surface area (Å²) in [6.45, 7) is 1.27. The summed E-state index contributed by atoms with van der Waals surface area (Å²) in [6, 6.07) is 6.33. The van der Waals surface area contributed by atoms with E-state index in [-0.39, 0.29) is 5.75 Å². The first-order chi connectivity index (χ1) is 9.66. The fourth-order valence-corrected chi connectivity index (χ4v) is 2.01. The van der Waals surface area contributed by atoms with Crippen molar-refractivity contribution < 1.29 is 14.7 Å². The van der Waals surface area contributed by atoms with Gasteiger partial charge in [-0.1, -0.05) is 0 Å². The molecule has 0 unspecified atom stereocenters. The van der Waals surface area contributed by atoms with Crippen LogP contribution in [-0.2, 0) is 9.59 Å². The Morgan fingerprint density at radius 3 is 2.45 bits per heavy atom. The molecule has 0 spiro atoms. The fraction of sp³-hybridized carbons (Fsp3) is 0.357. The van der Waals surface area contributed by atoms with Crippen molar-refractivity contribution in [3.63, 3.8) is 0 Å². The first-order valence-corrected chi connectivity index (χ1v) is 6.58. The van der Waals surface area contributed by atoms with Gasteiger partial charge in [-0.25, -0.2) is 5.43 Å². The van der Waals surface area contributed by atoms with Crippen LogP contribution in [0.2, 0.25) is 0 Å². The van der Waals surface area contributed by atoms with Gasteiger partial charge in [0, 0.05) is 13.1 Å². The summed E-state index contributed by atoms with van der Waals surface area (Å²) in [5, 5.41) is 12.9. The van der Waals surface area contributed by atoms with Crippen LogP contribution in [0.15, 0.2) is 29.4 Å². The zero-order valence-corrected chi connectivity index (χ0v) is 11.1. The van der Waals surface area contributed by atoms with Crippen molar-refractivity contribution in [2.45, 2.75) is 19.3 Å². The molecule has 6 nitrogen and oxygen atoms in total. The molecule has 1 fully saturated rings. The molecular weight excluding hydrogens is 258 g/mol. The zero-order valence-electron chi connectivity index (χ0n) is 11.1. The second kappa shape index (κ2) is 6.70. The lowest BCUT2D eigenvalue weighted by Crippen LogP contribution is -2.43. The largest absolute Gasteiger partial charge is 0.508 e. The molecule has 1 saturated heterocycles. The van der Waals surface area contributed by atoms with Crippen molar-refractivity contribution >= 4 is 18.0 Å². The van der Waals surface area contributed by atoms with E-state index in [2.05, 4.69) is 10.5 Å². The van der Waals surface area contributed by atoms with Gasteiger partial charge in [0.15, 0.2) is 0 Å².